The summed E-state index contributed by atoms with van der Waals surface area (Å²) < 4.78 is 21.9. The number of hydrogen-bond donors (Lipinski definition) is 4. The van der Waals surface area contributed by atoms with E-state index in [0.717, 1.165) is 38.5 Å². The second-order valence-corrected chi connectivity index (χ2v) is 12.3. The van der Waals surface area contributed by atoms with Crippen molar-refractivity contribution >= 4 is 11.9 Å². The molecule has 0 bridgehead atoms. The van der Waals surface area contributed by atoms with Crippen LogP contribution in [0.25, 0.3) is 0 Å². The molecule has 260 valence electrons. The molecule has 0 aliphatic carbocycles. The summed E-state index contributed by atoms with van der Waals surface area (Å²) in [5.41, 5.74) is 0. The molecule has 0 aromatic heterocycles. The number of ether oxygens (including phenoxy) is 4. The van der Waals surface area contributed by atoms with E-state index >= 15 is 0 Å². The summed E-state index contributed by atoms with van der Waals surface area (Å²) in [5, 5.41) is 39.7. The molecule has 6 atom stereocenters. The minimum atomic E-state index is -1.59. The molecule has 44 heavy (non-hydrogen) atoms. The molecule has 0 spiro atoms. The Labute approximate surface area is 266 Å². The Morgan fingerprint density at radius 2 is 1.07 bits per heavy atom. The number of unbranched alkanes of at least 4 members (excludes halogenated alkanes) is 17. The summed E-state index contributed by atoms with van der Waals surface area (Å²) in [7, 11) is 0. The van der Waals surface area contributed by atoms with Gasteiger partial charge in [-0.1, -0.05) is 123 Å². The van der Waals surface area contributed by atoms with E-state index in [9.17, 15) is 30.0 Å². The van der Waals surface area contributed by atoms with E-state index < -0.39 is 49.4 Å². The molecule has 1 aliphatic rings. The SMILES string of the molecule is CCCCCCCCCCCCCC(=O)O[C@H](COC(=O)CCCCCCCCCC)CO[C@@H]1O[C@H](CO)[C@H](O)C(O)C1O. The van der Waals surface area contributed by atoms with Crippen molar-refractivity contribution in [2.75, 3.05) is 19.8 Å². The van der Waals surface area contributed by atoms with Crippen LogP contribution in [-0.4, -0.2) is 89.0 Å². The Kier molecular flexibility index (Phi) is 24.9. The number of carbonyl (C=O) groups is 2. The number of aliphatic hydroxyl groups excluding tert-OH is 4. The summed E-state index contributed by atoms with van der Waals surface area (Å²) >= 11 is 0. The Morgan fingerprint density at radius 1 is 0.614 bits per heavy atom. The van der Waals surface area contributed by atoms with E-state index in [4.69, 9.17) is 18.9 Å². The Morgan fingerprint density at radius 3 is 1.55 bits per heavy atom. The average Bonchev–Trinajstić information content (AvgIpc) is 3.02. The topological polar surface area (TPSA) is 152 Å². The zero-order chi connectivity index (χ0) is 32.4. The molecule has 0 radical (unpaired) electrons. The maximum absolute atomic E-state index is 12.6. The van der Waals surface area contributed by atoms with Crippen molar-refractivity contribution in [2.24, 2.45) is 0 Å². The van der Waals surface area contributed by atoms with Gasteiger partial charge in [0.2, 0.25) is 0 Å². The minimum Gasteiger partial charge on any atom is -0.462 e. The number of esters is 2. The molecule has 0 amide bonds. The molecule has 4 N–H and O–H groups in total. The first-order chi connectivity index (χ1) is 21.3. The molecule has 1 aliphatic heterocycles. The lowest BCUT2D eigenvalue weighted by Gasteiger charge is -2.39. The van der Waals surface area contributed by atoms with Gasteiger partial charge in [0.15, 0.2) is 12.4 Å². The van der Waals surface area contributed by atoms with Gasteiger partial charge in [-0.25, -0.2) is 0 Å². The van der Waals surface area contributed by atoms with Crippen LogP contribution in [0.2, 0.25) is 0 Å². The van der Waals surface area contributed by atoms with Gasteiger partial charge in [-0.2, -0.15) is 0 Å². The van der Waals surface area contributed by atoms with Crippen molar-refractivity contribution in [1.82, 2.24) is 0 Å². The van der Waals surface area contributed by atoms with Crippen molar-refractivity contribution < 1.29 is 49.0 Å². The van der Waals surface area contributed by atoms with E-state index in [1.54, 1.807) is 0 Å². The molecule has 1 heterocycles. The highest BCUT2D eigenvalue weighted by Gasteiger charge is 2.44. The zero-order valence-corrected chi connectivity index (χ0v) is 27.7. The first-order valence-corrected chi connectivity index (χ1v) is 17.6. The van der Waals surface area contributed by atoms with Gasteiger partial charge in [-0.3, -0.25) is 9.59 Å². The third-order valence-electron chi connectivity index (χ3n) is 8.24. The minimum absolute atomic E-state index is 0.211. The molecule has 0 aromatic rings. The highest BCUT2D eigenvalue weighted by atomic mass is 16.7. The number of hydrogen-bond acceptors (Lipinski definition) is 10. The lowest BCUT2D eigenvalue weighted by atomic mass is 9.99. The molecule has 0 aromatic carbocycles. The van der Waals surface area contributed by atoms with Gasteiger partial charge in [0, 0.05) is 12.8 Å². The summed E-state index contributed by atoms with van der Waals surface area (Å²) in [6.45, 7) is 3.35. The highest BCUT2D eigenvalue weighted by molar-refractivity contribution is 5.70. The first-order valence-electron chi connectivity index (χ1n) is 17.6. The molecule has 1 fully saturated rings. The zero-order valence-electron chi connectivity index (χ0n) is 27.7. The van der Waals surface area contributed by atoms with Crippen LogP contribution in [0.5, 0.6) is 0 Å². The normalized spacial score (nSPS) is 22.5. The predicted molar refractivity (Wildman–Crippen MR) is 169 cm³/mol. The van der Waals surface area contributed by atoms with Crippen molar-refractivity contribution in [3.05, 3.63) is 0 Å². The predicted octanol–water partition coefficient (Wildman–Crippen LogP) is 5.49. The van der Waals surface area contributed by atoms with E-state index in [1.165, 1.54) is 77.0 Å². The van der Waals surface area contributed by atoms with Crippen molar-refractivity contribution in [2.45, 2.75) is 185 Å². The second kappa shape index (κ2) is 26.9. The maximum atomic E-state index is 12.6. The van der Waals surface area contributed by atoms with E-state index in [2.05, 4.69) is 13.8 Å². The van der Waals surface area contributed by atoms with Crippen molar-refractivity contribution in [3.8, 4) is 0 Å². The summed E-state index contributed by atoms with van der Waals surface area (Å²) in [5.74, 6) is -0.808. The Hall–Kier alpha value is -1.30. The van der Waals surface area contributed by atoms with E-state index in [0.29, 0.717) is 6.42 Å². The van der Waals surface area contributed by atoms with Crippen molar-refractivity contribution in [3.63, 3.8) is 0 Å². The Balaban J connectivity index is 2.44. The highest BCUT2D eigenvalue weighted by Crippen LogP contribution is 2.22. The van der Waals surface area contributed by atoms with Crippen LogP contribution in [0, 0.1) is 0 Å². The standard InChI is InChI=1S/C34H64O10/c1-3-5-7-9-11-13-14-15-17-19-21-23-30(37)43-27(25-41-29(36)22-20-18-16-12-10-8-6-4-2)26-42-34-33(40)32(39)31(38)28(24-35)44-34/h27-28,31-35,38-40H,3-26H2,1-2H3/t27-,28-,31+,32?,33?,34-/m1/s1. The van der Waals surface area contributed by atoms with Crippen LogP contribution < -0.4 is 0 Å². The smallest absolute Gasteiger partial charge is 0.306 e. The van der Waals surface area contributed by atoms with Crippen LogP contribution in [0.4, 0.5) is 0 Å². The molecular formula is C34H64O10. The van der Waals surface area contributed by atoms with Crippen molar-refractivity contribution in [1.29, 1.82) is 0 Å². The lowest BCUT2D eigenvalue weighted by molar-refractivity contribution is -0.305. The largest absolute Gasteiger partial charge is 0.462 e. The fraction of sp³-hybridized carbons (Fsp3) is 0.941. The molecule has 0 saturated carbocycles. The third kappa shape index (κ3) is 19.3. The van der Waals surface area contributed by atoms with Crippen LogP contribution in [0.1, 0.15) is 149 Å². The molecule has 10 heteroatoms. The van der Waals surface area contributed by atoms with Gasteiger partial charge >= 0.3 is 11.9 Å². The first kappa shape index (κ1) is 40.7. The quantitative estimate of drug-likeness (QED) is 0.0644. The monoisotopic (exact) mass is 632 g/mol. The van der Waals surface area contributed by atoms with Gasteiger partial charge in [0.25, 0.3) is 0 Å². The van der Waals surface area contributed by atoms with Gasteiger partial charge in [-0.05, 0) is 12.8 Å². The Bertz CT molecular complexity index is 704. The van der Waals surface area contributed by atoms with Gasteiger partial charge in [0.05, 0.1) is 13.2 Å². The maximum Gasteiger partial charge on any atom is 0.306 e. The van der Waals surface area contributed by atoms with Gasteiger partial charge < -0.3 is 39.4 Å². The van der Waals surface area contributed by atoms with Crippen LogP contribution in [-0.2, 0) is 28.5 Å². The van der Waals surface area contributed by atoms with Crippen LogP contribution in [0.15, 0.2) is 0 Å². The molecular weight excluding hydrogens is 568 g/mol. The van der Waals surface area contributed by atoms with E-state index in [-0.39, 0.29) is 32.0 Å². The second-order valence-electron chi connectivity index (χ2n) is 12.3. The molecule has 1 rings (SSSR count). The summed E-state index contributed by atoms with van der Waals surface area (Å²) in [6, 6.07) is 0. The van der Waals surface area contributed by atoms with Crippen LogP contribution in [0.3, 0.4) is 0 Å². The number of carbonyl (C=O) groups excluding carboxylic acids is 2. The molecule has 2 unspecified atom stereocenters. The fourth-order valence-electron chi connectivity index (χ4n) is 5.36. The van der Waals surface area contributed by atoms with Gasteiger partial charge in [0.1, 0.15) is 31.0 Å². The summed E-state index contributed by atoms with van der Waals surface area (Å²) in [6.07, 6.45) is 14.2. The third-order valence-corrected chi connectivity index (χ3v) is 8.24. The van der Waals surface area contributed by atoms with Crippen LogP contribution >= 0.6 is 0 Å². The number of aliphatic hydroxyl groups is 4. The molecule has 1 saturated heterocycles. The lowest BCUT2D eigenvalue weighted by Crippen LogP contribution is -2.59. The number of rotatable bonds is 28. The average molecular weight is 633 g/mol. The molecule has 10 nitrogen and oxygen atoms in total. The fourth-order valence-corrected chi connectivity index (χ4v) is 5.36. The van der Waals surface area contributed by atoms with Gasteiger partial charge in [-0.15, -0.1) is 0 Å². The summed E-state index contributed by atoms with van der Waals surface area (Å²) in [4.78, 5) is 25.0. The van der Waals surface area contributed by atoms with E-state index in [1.807, 2.05) is 0 Å².